The topological polar surface area (TPSA) is 63.3 Å². The normalized spacial score (nSPS) is 10.2. The Balaban J connectivity index is 2.52. The van der Waals surface area contributed by atoms with E-state index in [9.17, 15) is 4.79 Å². The van der Waals surface area contributed by atoms with E-state index in [4.69, 9.17) is 5.11 Å². The van der Waals surface area contributed by atoms with Crippen LogP contribution in [0.2, 0.25) is 0 Å². The van der Waals surface area contributed by atoms with E-state index >= 15 is 0 Å². The summed E-state index contributed by atoms with van der Waals surface area (Å²) in [4.78, 5) is 10.7. The molecule has 4 nitrogen and oxygen atoms in total. The fraction of sp³-hybridized carbons (Fsp3) is 0. The highest BCUT2D eigenvalue weighted by Gasteiger charge is 2.16. The molecule has 5 heteroatoms. The monoisotopic (exact) mass is 195 g/mol. The van der Waals surface area contributed by atoms with E-state index in [1.807, 2.05) is 10.8 Å². The van der Waals surface area contributed by atoms with Gasteiger partial charge in [-0.2, -0.15) is 11.3 Å². The lowest BCUT2D eigenvalue weighted by Gasteiger charge is -1.90. The van der Waals surface area contributed by atoms with Gasteiger partial charge in [0, 0.05) is 10.9 Å². The van der Waals surface area contributed by atoms with Gasteiger partial charge in [-0.25, -0.2) is 4.79 Å². The summed E-state index contributed by atoms with van der Waals surface area (Å²) in [6, 6.07) is 1.80. The molecule has 0 fully saturated rings. The van der Waals surface area contributed by atoms with Crippen LogP contribution >= 0.6 is 11.3 Å². The Morgan fingerprint density at radius 2 is 2.46 bits per heavy atom. The van der Waals surface area contributed by atoms with Crippen molar-refractivity contribution >= 4 is 17.3 Å². The van der Waals surface area contributed by atoms with Gasteiger partial charge >= 0.3 is 5.97 Å². The molecule has 2 aromatic heterocycles. The number of thiophene rings is 1. The van der Waals surface area contributed by atoms with Gasteiger partial charge in [0.15, 0.2) is 0 Å². The van der Waals surface area contributed by atoms with Crippen molar-refractivity contribution in [2.45, 2.75) is 0 Å². The van der Waals surface area contributed by atoms with E-state index in [0.29, 0.717) is 5.69 Å². The molecule has 0 aliphatic carbocycles. The predicted octanol–water partition coefficient (Wildman–Crippen LogP) is 2.10. The van der Waals surface area contributed by atoms with Crippen molar-refractivity contribution in [1.82, 2.24) is 5.16 Å². The standard InChI is InChI=1S/C8H5NO3S/c10-8(11)6-3-12-9-7(6)5-1-2-13-4-5/h1-4H,(H,10,11). The zero-order valence-electron chi connectivity index (χ0n) is 6.43. The fourth-order valence-corrected chi connectivity index (χ4v) is 1.64. The van der Waals surface area contributed by atoms with E-state index in [1.54, 1.807) is 6.07 Å². The Morgan fingerprint density at radius 1 is 1.62 bits per heavy atom. The Bertz CT molecular complexity index is 418. The third kappa shape index (κ3) is 1.33. The molecule has 0 bridgehead atoms. The summed E-state index contributed by atoms with van der Waals surface area (Å²) < 4.78 is 4.60. The largest absolute Gasteiger partial charge is 0.477 e. The maximum absolute atomic E-state index is 10.7. The van der Waals surface area contributed by atoms with Gasteiger partial charge in [-0.3, -0.25) is 0 Å². The van der Waals surface area contributed by atoms with Gasteiger partial charge in [-0.05, 0) is 11.4 Å². The zero-order chi connectivity index (χ0) is 9.26. The third-order valence-corrected chi connectivity index (χ3v) is 2.28. The molecule has 0 aromatic carbocycles. The van der Waals surface area contributed by atoms with Gasteiger partial charge in [-0.15, -0.1) is 0 Å². The van der Waals surface area contributed by atoms with E-state index in [0.717, 1.165) is 11.8 Å². The molecule has 0 amide bonds. The number of aromatic carboxylic acids is 1. The molecular weight excluding hydrogens is 190 g/mol. The van der Waals surface area contributed by atoms with Gasteiger partial charge in [0.25, 0.3) is 0 Å². The molecule has 13 heavy (non-hydrogen) atoms. The number of hydrogen-bond acceptors (Lipinski definition) is 4. The van der Waals surface area contributed by atoms with Crippen LogP contribution in [0.15, 0.2) is 27.6 Å². The van der Waals surface area contributed by atoms with Crippen molar-refractivity contribution in [3.8, 4) is 11.3 Å². The Morgan fingerprint density at radius 3 is 3.08 bits per heavy atom. The molecule has 0 aliphatic rings. The van der Waals surface area contributed by atoms with Crippen molar-refractivity contribution in [3.63, 3.8) is 0 Å². The highest BCUT2D eigenvalue weighted by Crippen LogP contribution is 2.23. The second kappa shape index (κ2) is 3.02. The smallest absolute Gasteiger partial charge is 0.341 e. The molecule has 0 aliphatic heterocycles. The Kier molecular flexibility index (Phi) is 1.86. The van der Waals surface area contributed by atoms with Gasteiger partial charge in [0.05, 0.1) is 0 Å². The van der Waals surface area contributed by atoms with E-state index in [1.165, 1.54) is 11.3 Å². The van der Waals surface area contributed by atoms with Crippen molar-refractivity contribution in [1.29, 1.82) is 0 Å². The summed E-state index contributed by atoms with van der Waals surface area (Å²) in [5, 5.41) is 16.1. The lowest BCUT2D eigenvalue weighted by atomic mass is 10.1. The minimum atomic E-state index is -1.03. The molecule has 0 saturated heterocycles. The van der Waals surface area contributed by atoms with E-state index in [-0.39, 0.29) is 5.56 Å². The molecule has 2 heterocycles. The quantitative estimate of drug-likeness (QED) is 0.797. The number of carboxylic acid groups (broad SMARTS) is 1. The number of hydrogen-bond donors (Lipinski definition) is 1. The van der Waals surface area contributed by atoms with Crippen LogP contribution in [0.4, 0.5) is 0 Å². The molecule has 1 N–H and O–H groups in total. The van der Waals surface area contributed by atoms with Crippen molar-refractivity contribution in [2.24, 2.45) is 0 Å². The molecule has 2 rings (SSSR count). The van der Waals surface area contributed by atoms with Crippen LogP contribution in [-0.4, -0.2) is 16.2 Å². The number of nitrogens with zero attached hydrogens (tertiary/aromatic N) is 1. The molecular formula is C8H5NO3S. The van der Waals surface area contributed by atoms with Crippen LogP contribution in [0.1, 0.15) is 10.4 Å². The average Bonchev–Trinajstić information content (AvgIpc) is 2.74. The second-order valence-corrected chi connectivity index (χ2v) is 3.17. The van der Waals surface area contributed by atoms with Crippen molar-refractivity contribution in [2.75, 3.05) is 0 Å². The lowest BCUT2D eigenvalue weighted by Crippen LogP contribution is -1.95. The first-order chi connectivity index (χ1) is 6.29. The second-order valence-electron chi connectivity index (χ2n) is 2.39. The zero-order valence-corrected chi connectivity index (χ0v) is 7.25. The summed E-state index contributed by atoms with van der Waals surface area (Å²) in [5.41, 5.74) is 1.25. The first-order valence-corrected chi connectivity index (χ1v) is 4.43. The SMILES string of the molecule is O=C(O)c1conc1-c1ccsc1. The molecule has 0 saturated carbocycles. The van der Waals surface area contributed by atoms with Crippen molar-refractivity contribution in [3.05, 3.63) is 28.7 Å². The Hall–Kier alpha value is -1.62. The summed E-state index contributed by atoms with van der Waals surface area (Å²) in [6.07, 6.45) is 1.13. The van der Waals surface area contributed by atoms with E-state index < -0.39 is 5.97 Å². The maximum Gasteiger partial charge on any atom is 0.341 e. The van der Waals surface area contributed by atoms with Crippen LogP contribution in [0.5, 0.6) is 0 Å². The average molecular weight is 195 g/mol. The molecule has 0 radical (unpaired) electrons. The number of carboxylic acids is 1. The van der Waals surface area contributed by atoms with Crippen LogP contribution < -0.4 is 0 Å². The summed E-state index contributed by atoms with van der Waals surface area (Å²) in [5.74, 6) is -1.03. The minimum Gasteiger partial charge on any atom is -0.477 e. The van der Waals surface area contributed by atoms with Gasteiger partial charge < -0.3 is 9.63 Å². The molecule has 0 unspecified atom stereocenters. The highest BCUT2D eigenvalue weighted by molar-refractivity contribution is 7.08. The summed E-state index contributed by atoms with van der Waals surface area (Å²) in [7, 11) is 0. The maximum atomic E-state index is 10.7. The van der Waals surface area contributed by atoms with Crippen LogP contribution in [0.3, 0.4) is 0 Å². The van der Waals surface area contributed by atoms with Crippen LogP contribution in [0, 0.1) is 0 Å². The molecule has 0 spiro atoms. The van der Waals surface area contributed by atoms with Crippen LogP contribution in [0.25, 0.3) is 11.3 Å². The van der Waals surface area contributed by atoms with Crippen LogP contribution in [-0.2, 0) is 0 Å². The first-order valence-electron chi connectivity index (χ1n) is 3.49. The van der Waals surface area contributed by atoms with E-state index in [2.05, 4.69) is 9.68 Å². The number of rotatable bonds is 2. The molecule has 2 aromatic rings. The summed E-state index contributed by atoms with van der Waals surface area (Å²) >= 11 is 1.48. The highest BCUT2D eigenvalue weighted by atomic mass is 32.1. The molecule has 0 atom stereocenters. The fourth-order valence-electron chi connectivity index (χ4n) is 0.996. The minimum absolute atomic E-state index is 0.0957. The number of carbonyl (C=O) groups is 1. The Labute approximate surface area is 77.4 Å². The first kappa shape index (κ1) is 8.00. The number of aromatic nitrogens is 1. The van der Waals surface area contributed by atoms with Gasteiger partial charge in [0.1, 0.15) is 17.5 Å². The summed E-state index contributed by atoms with van der Waals surface area (Å²) in [6.45, 7) is 0. The van der Waals surface area contributed by atoms with Gasteiger partial charge in [0.2, 0.25) is 0 Å². The predicted molar refractivity (Wildman–Crippen MR) is 46.8 cm³/mol. The third-order valence-electron chi connectivity index (χ3n) is 1.59. The van der Waals surface area contributed by atoms with Gasteiger partial charge in [-0.1, -0.05) is 5.16 Å². The molecule has 66 valence electrons. The van der Waals surface area contributed by atoms with Crippen molar-refractivity contribution < 1.29 is 14.4 Å². The lowest BCUT2D eigenvalue weighted by molar-refractivity contribution is 0.0697.